The van der Waals surface area contributed by atoms with E-state index >= 15 is 0 Å². The summed E-state index contributed by atoms with van der Waals surface area (Å²) in [5.74, 6) is -0.395. The highest BCUT2D eigenvalue weighted by Gasteiger charge is 2.10. The summed E-state index contributed by atoms with van der Waals surface area (Å²) in [6.45, 7) is 0. The van der Waals surface area contributed by atoms with Gasteiger partial charge in [-0.1, -0.05) is 59.1 Å². The van der Waals surface area contributed by atoms with Gasteiger partial charge in [-0.15, -0.1) is 5.10 Å². The van der Waals surface area contributed by atoms with Gasteiger partial charge in [0.2, 0.25) is 5.96 Å². The lowest BCUT2D eigenvalue weighted by Crippen LogP contribution is -2.38. The number of hydrogen-bond acceptors (Lipinski definition) is 4. The number of guanidine groups is 1. The Morgan fingerprint density at radius 3 is 2.03 bits per heavy atom. The highest BCUT2D eigenvalue weighted by Crippen LogP contribution is 2.23. The quantitative estimate of drug-likeness (QED) is 0.227. The van der Waals surface area contributed by atoms with Crippen molar-refractivity contribution >= 4 is 75.0 Å². The third kappa shape index (κ3) is 7.46. The number of rotatable bonds is 5. The molecule has 0 radical (unpaired) electrons. The summed E-state index contributed by atoms with van der Waals surface area (Å²) < 4.78 is 0.597. The molecule has 6 nitrogen and oxygen atoms in total. The van der Waals surface area contributed by atoms with Gasteiger partial charge in [-0.05, 0) is 69.5 Å². The molecule has 0 bridgehead atoms. The van der Waals surface area contributed by atoms with Gasteiger partial charge in [0.05, 0.1) is 17.5 Å². The van der Waals surface area contributed by atoms with Crippen LogP contribution in [0.5, 0.6) is 0 Å². The first-order chi connectivity index (χ1) is 15.4. The first kappa shape index (κ1) is 23.9. The molecule has 1 amide bonds. The summed E-state index contributed by atoms with van der Waals surface area (Å²) in [5, 5.41) is 16.5. The van der Waals surface area contributed by atoms with Gasteiger partial charge >= 0.3 is 0 Å². The van der Waals surface area contributed by atoms with Gasteiger partial charge in [0.1, 0.15) is 0 Å². The molecular formula is C22H15BrCl3N5O. The molecule has 2 N–H and O–H groups in total. The van der Waals surface area contributed by atoms with E-state index in [-0.39, 0.29) is 5.96 Å². The van der Waals surface area contributed by atoms with Crippen molar-refractivity contribution in [3.05, 3.63) is 103 Å². The Morgan fingerprint density at radius 1 is 0.844 bits per heavy atom. The Labute approximate surface area is 208 Å². The van der Waals surface area contributed by atoms with Crippen LogP contribution in [0.15, 0.2) is 86.5 Å². The molecule has 0 atom stereocenters. The van der Waals surface area contributed by atoms with E-state index in [0.717, 1.165) is 11.1 Å². The maximum atomic E-state index is 12.6. The molecule has 0 saturated carbocycles. The van der Waals surface area contributed by atoms with E-state index in [1.165, 1.54) is 6.21 Å². The largest absolute Gasteiger partial charge is 0.290 e. The molecule has 0 spiro atoms. The monoisotopic (exact) mass is 549 g/mol. The van der Waals surface area contributed by atoms with Crippen molar-refractivity contribution < 1.29 is 4.79 Å². The van der Waals surface area contributed by atoms with E-state index in [2.05, 4.69) is 42.0 Å². The number of nitrogens with zero attached hydrogens (tertiary/aromatic N) is 3. The van der Waals surface area contributed by atoms with Crippen molar-refractivity contribution in [2.24, 2.45) is 15.3 Å². The van der Waals surface area contributed by atoms with Gasteiger partial charge in [0, 0.05) is 20.1 Å². The molecule has 0 heterocycles. The van der Waals surface area contributed by atoms with Crippen LogP contribution in [0.4, 0.5) is 0 Å². The van der Waals surface area contributed by atoms with Gasteiger partial charge in [-0.25, -0.2) is 5.43 Å². The zero-order valence-corrected chi connectivity index (χ0v) is 20.1. The van der Waals surface area contributed by atoms with Crippen molar-refractivity contribution in [2.45, 2.75) is 0 Å². The second-order valence-electron chi connectivity index (χ2n) is 6.25. The third-order valence-electron chi connectivity index (χ3n) is 3.90. The highest BCUT2D eigenvalue weighted by molar-refractivity contribution is 9.10. The van der Waals surface area contributed by atoms with Gasteiger partial charge < -0.3 is 0 Å². The Kier molecular flexibility index (Phi) is 8.81. The van der Waals surface area contributed by atoms with Crippen LogP contribution >= 0.6 is 50.7 Å². The number of carbonyl (C=O) groups is 1. The summed E-state index contributed by atoms with van der Waals surface area (Å²) in [6.07, 6.45) is 3.08. The summed E-state index contributed by atoms with van der Waals surface area (Å²) >= 11 is 21.1. The third-order valence-corrected chi connectivity index (χ3v) is 5.62. The van der Waals surface area contributed by atoms with Gasteiger partial charge in [0.25, 0.3) is 5.91 Å². The van der Waals surface area contributed by atoms with E-state index in [1.54, 1.807) is 72.9 Å². The lowest BCUT2D eigenvalue weighted by molar-refractivity contribution is 0.0975. The molecule has 32 heavy (non-hydrogen) atoms. The summed E-state index contributed by atoms with van der Waals surface area (Å²) in [4.78, 5) is 12.6. The fourth-order valence-electron chi connectivity index (χ4n) is 2.31. The van der Waals surface area contributed by atoms with Crippen molar-refractivity contribution in [3.63, 3.8) is 0 Å². The maximum Gasteiger partial charge on any atom is 0.258 e. The van der Waals surface area contributed by atoms with Gasteiger partial charge in [-0.3, -0.25) is 10.1 Å². The van der Waals surface area contributed by atoms with Crippen molar-refractivity contribution in [2.75, 3.05) is 0 Å². The Bertz CT molecular complexity index is 1180. The van der Waals surface area contributed by atoms with Crippen molar-refractivity contribution in [3.8, 4) is 0 Å². The second-order valence-corrected chi connectivity index (χ2v) is 8.38. The van der Waals surface area contributed by atoms with Crippen LogP contribution in [-0.2, 0) is 0 Å². The van der Waals surface area contributed by atoms with Gasteiger partial charge in [0.15, 0.2) is 0 Å². The zero-order chi connectivity index (χ0) is 22.9. The van der Waals surface area contributed by atoms with Crippen LogP contribution in [0, 0.1) is 0 Å². The minimum absolute atomic E-state index is 0.0245. The summed E-state index contributed by atoms with van der Waals surface area (Å²) in [7, 11) is 0. The van der Waals surface area contributed by atoms with E-state index in [4.69, 9.17) is 34.8 Å². The SMILES string of the molecule is O=C(N/C(=N/N=C/c1ccc(Cl)cc1)N/N=C/c1ccc(Cl)cc1)c1ccc(Cl)c(Br)c1. The van der Waals surface area contributed by atoms with Crippen LogP contribution in [0.25, 0.3) is 0 Å². The minimum atomic E-state index is -0.419. The van der Waals surface area contributed by atoms with Gasteiger partial charge in [-0.2, -0.15) is 10.2 Å². The molecule has 3 aromatic carbocycles. The highest BCUT2D eigenvalue weighted by atomic mass is 79.9. The van der Waals surface area contributed by atoms with Crippen LogP contribution < -0.4 is 10.7 Å². The molecule has 3 aromatic rings. The molecule has 0 aliphatic heterocycles. The average molecular weight is 552 g/mol. The smallest absolute Gasteiger partial charge is 0.258 e. The number of hydrazone groups is 1. The fourth-order valence-corrected chi connectivity index (χ4v) is 3.06. The normalized spacial score (nSPS) is 11.8. The Balaban J connectivity index is 1.76. The number of halogens is 4. The van der Waals surface area contributed by atoms with Crippen LogP contribution in [0.1, 0.15) is 21.5 Å². The molecule has 0 saturated heterocycles. The molecule has 0 aliphatic rings. The standard InChI is InChI=1S/C22H15BrCl3N5O/c23-19-11-16(5-10-20(19)26)21(32)29-22(30-27-12-14-1-6-17(24)7-2-14)31-28-13-15-3-8-18(25)9-4-15/h1-13H,(H2,29,30,31,32)/b27-12+,28-13+. The lowest BCUT2D eigenvalue weighted by Gasteiger charge is -2.07. The number of nitrogens with one attached hydrogen (secondary N) is 2. The molecule has 3 rings (SSSR count). The summed E-state index contributed by atoms with van der Waals surface area (Å²) in [5.41, 5.74) is 4.65. The van der Waals surface area contributed by atoms with E-state index < -0.39 is 5.91 Å². The molecule has 0 unspecified atom stereocenters. The predicted octanol–water partition coefficient (Wildman–Crippen LogP) is 6.15. The Hall–Kier alpha value is -2.71. The van der Waals surface area contributed by atoms with Crippen molar-refractivity contribution in [1.29, 1.82) is 0 Å². The molecule has 0 aromatic heterocycles. The first-order valence-corrected chi connectivity index (χ1v) is 11.0. The molecule has 162 valence electrons. The van der Waals surface area contributed by atoms with Crippen LogP contribution in [-0.4, -0.2) is 24.3 Å². The molecule has 10 heteroatoms. The number of amides is 1. The Morgan fingerprint density at radius 2 is 1.44 bits per heavy atom. The number of hydrogen-bond donors (Lipinski definition) is 2. The molecular weight excluding hydrogens is 537 g/mol. The topological polar surface area (TPSA) is 78.2 Å². The number of carbonyl (C=O) groups excluding carboxylic acids is 1. The van der Waals surface area contributed by atoms with Crippen LogP contribution in [0.3, 0.4) is 0 Å². The lowest BCUT2D eigenvalue weighted by atomic mass is 10.2. The average Bonchev–Trinajstić information content (AvgIpc) is 2.78. The number of benzene rings is 3. The van der Waals surface area contributed by atoms with E-state index in [1.807, 2.05) is 0 Å². The predicted molar refractivity (Wildman–Crippen MR) is 135 cm³/mol. The maximum absolute atomic E-state index is 12.6. The second kappa shape index (κ2) is 11.8. The first-order valence-electron chi connectivity index (χ1n) is 9.08. The minimum Gasteiger partial charge on any atom is -0.290 e. The van der Waals surface area contributed by atoms with E-state index in [0.29, 0.717) is 25.1 Å². The summed E-state index contributed by atoms with van der Waals surface area (Å²) in [6, 6.07) is 18.9. The molecule has 0 fully saturated rings. The van der Waals surface area contributed by atoms with Crippen LogP contribution in [0.2, 0.25) is 15.1 Å². The fraction of sp³-hybridized carbons (Fsp3) is 0. The van der Waals surface area contributed by atoms with E-state index in [9.17, 15) is 4.79 Å². The van der Waals surface area contributed by atoms with Crippen molar-refractivity contribution in [1.82, 2.24) is 10.7 Å². The molecule has 0 aliphatic carbocycles. The zero-order valence-electron chi connectivity index (χ0n) is 16.3.